The summed E-state index contributed by atoms with van der Waals surface area (Å²) in [6.45, 7) is 10.3. The molecule has 0 saturated carbocycles. The Hall–Kier alpha value is -0.520. The lowest BCUT2D eigenvalue weighted by Crippen LogP contribution is -1.93. The van der Waals surface area contributed by atoms with Gasteiger partial charge in [-0.1, -0.05) is 24.6 Å². The maximum Gasteiger partial charge on any atom is -0.0199 e. The van der Waals surface area contributed by atoms with Crippen molar-refractivity contribution in [3.05, 3.63) is 24.3 Å². The Balaban J connectivity index is 3.71. The van der Waals surface area contributed by atoms with Gasteiger partial charge in [0.2, 0.25) is 0 Å². The van der Waals surface area contributed by atoms with Gasteiger partial charge in [0.1, 0.15) is 0 Å². The predicted molar refractivity (Wildman–Crippen MR) is 48.0 cm³/mol. The van der Waals surface area contributed by atoms with Gasteiger partial charge in [-0.2, -0.15) is 0 Å². The van der Waals surface area contributed by atoms with Crippen molar-refractivity contribution < 1.29 is 0 Å². The van der Waals surface area contributed by atoms with Gasteiger partial charge in [0.05, 0.1) is 0 Å². The third-order valence-electron chi connectivity index (χ3n) is 1.60. The summed E-state index contributed by atoms with van der Waals surface area (Å²) in [4.78, 5) is 0. The van der Waals surface area contributed by atoms with E-state index in [0.29, 0.717) is 5.92 Å². The Morgan fingerprint density at radius 3 is 2.50 bits per heavy atom. The van der Waals surface area contributed by atoms with Crippen LogP contribution in [0.4, 0.5) is 0 Å². The first-order valence-electron chi connectivity index (χ1n) is 3.97. The molecule has 0 aliphatic heterocycles. The molecular formula is C10H18. The Kier molecular flexibility index (Phi) is 5.00. The van der Waals surface area contributed by atoms with E-state index in [4.69, 9.17) is 0 Å². The number of rotatable bonds is 4. The number of hydrogen-bond acceptors (Lipinski definition) is 0. The SMILES string of the molecule is C=C(C)CC(C=CC)CC. The van der Waals surface area contributed by atoms with E-state index in [2.05, 4.69) is 39.5 Å². The van der Waals surface area contributed by atoms with Gasteiger partial charge in [-0.15, -0.1) is 6.58 Å². The zero-order valence-electron chi connectivity index (χ0n) is 7.35. The van der Waals surface area contributed by atoms with E-state index in [1.165, 1.54) is 12.0 Å². The minimum atomic E-state index is 0.711. The lowest BCUT2D eigenvalue weighted by atomic mass is 9.98. The van der Waals surface area contributed by atoms with E-state index in [1.807, 2.05) is 0 Å². The topological polar surface area (TPSA) is 0 Å². The van der Waals surface area contributed by atoms with E-state index >= 15 is 0 Å². The van der Waals surface area contributed by atoms with Crippen LogP contribution in [0.3, 0.4) is 0 Å². The van der Waals surface area contributed by atoms with Gasteiger partial charge in [0.25, 0.3) is 0 Å². The first-order valence-corrected chi connectivity index (χ1v) is 3.97. The van der Waals surface area contributed by atoms with Crippen LogP contribution in [0.25, 0.3) is 0 Å². The Bertz CT molecular complexity index is 120. The summed E-state index contributed by atoms with van der Waals surface area (Å²) in [5.41, 5.74) is 1.28. The second kappa shape index (κ2) is 5.28. The highest BCUT2D eigenvalue weighted by Gasteiger charge is 1.99. The molecule has 10 heavy (non-hydrogen) atoms. The van der Waals surface area contributed by atoms with Gasteiger partial charge in [-0.25, -0.2) is 0 Å². The normalized spacial score (nSPS) is 13.9. The molecule has 0 heteroatoms. The van der Waals surface area contributed by atoms with Crippen molar-refractivity contribution in [3.63, 3.8) is 0 Å². The molecule has 1 unspecified atom stereocenters. The van der Waals surface area contributed by atoms with Gasteiger partial charge in [0.15, 0.2) is 0 Å². The highest BCUT2D eigenvalue weighted by molar-refractivity contribution is 4.96. The molecule has 0 spiro atoms. The quantitative estimate of drug-likeness (QED) is 0.521. The molecule has 0 saturated heterocycles. The van der Waals surface area contributed by atoms with Crippen molar-refractivity contribution in [1.82, 2.24) is 0 Å². The first-order chi connectivity index (χ1) is 4.70. The van der Waals surface area contributed by atoms with Crippen LogP contribution in [0.15, 0.2) is 24.3 Å². The monoisotopic (exact) mass is 138 g/mol. The van der Waals surface area contributed by atoms with Crippen molar-refractivity contribution >= 4 is 0 Å². The molecule has 0 aromatic rings. The molecule has 0 rings (SSSR count). The highest BCUT2D eigenvalue weighted by atomic mass is 14.0. The fourth-order valence-electron chi connectivity index (χ4n) is 1.07. The van der Waals surface area contributed by atoms with Gasteiger partial charge in [-0.3, -0.25) is 0 Å². The fourth-order valence-corrected chi connectivity index (χ4v) is 1.07. The fraction of sp³-hybridized carbons (Fsp3) is 0.600. The second-order valence-electron chi connectivity index (χ2n) is 2.86. The summed E-state index contributed by atoms with van der Waals surface area (Å²) >= 11 is 0. The third-order valence-corrected chi connectivity index (χ3v) is 1.60. The Morgan fingerprint density at radius 2 is 2.20 bits per heavy atom. The number of hydrogen-bond donors (Lipinski definition) is 0. The van der Waals surface area contributed by atoms with Gasteiger partial charge in [0, 0.05) is 0 Å². The smallest absolute Gasteiger partial charge is 0.0199 e. The van der Waals surface area contributed by atoms with Gasteiger partial charge < -0.3 is 0 Å². The maximum absolute atomic E-state index is 3.89. The summed E-state index contributed by atoms with van der Waals surface area (Å²) in [7, 11) is 0. The molecule has 0 aliphatic carbocycles. The molecule has 0 bridgehead atoms. The van der Waals surface area contributed by atoms with E-state index in [9.17, 15) is 0 Å². The molecular weight excluding hydrogens is 120 g/mol. The van der Waals surface area contributed by atoms with Crippen LogP contribution in [0.1, 0.15) is 33.6 Å². The van der Waals surface area contributed by atoms with Crippen LogP contribution >= 0.6 is 0 Å². The maximum atomic E-state index is 3.89. The predicted octanol–water partition coefficient (Wildman–Crippen LogP) is 3.55. The molecule has 0 N–H and O–H groups in total. The summed E-state index contributed by atoms with van der Waals surface area (Å²) < 4.78 is 0. The van der Waals surface area contributed by atoms with Crippen molar-refractivity contribution in [2.24, 2.45) is 5.92 Å². The van der Waals surface area contributed by atoms with Crippen molar-refractivity contribution in [3.8, 4) is 0 Å². The minimum absolute atomic E-state index is 0.711. The van der Waals surface area contributed by atoms with Crippen molar-refractivity contribution in [1.29, 1.82) is 0 Å². The minimum Gasteiger partial charge on any atom is -0.100 e. The zero-order valence-corrected chi connectivity index (χ0v) is 7.35. The van der Waals surface area contributed by atoms with E-state index < -0.39 is 0 Å². The molecule has 1 atom stereocenters. The van der Waals surface area contributed by atoms with E-state index in [0.717, 1.165) is 6.42 Å². The first kappa shape index (κ1) is 9.48. The zero-order chi connectivity index (χ0) is 7.98. The molecule has 0 aromatic carbocycles. The third kappa shape index (κ3) is 4.37. The highest BCUT2D eigenvalue weighted by Crippen LogP contribution is 2.14. The van der Waals surface area contributed by atoms with E-state index in [1.54, 1.807) is 0 Å². The molecule has 0 aromatic heterocycles. The van der Waals surface area contributed by atoms with E-state index in [-0.39, 0.29) is 0 Å². The standard InChI is InChI=1S/C10H18/c1-5-7-10(6-2)8-9(3)4/h5,7,10H,3,6,8H2,1-2,4H3. The van der Waals surface area contributed by atoms with Crippen molar-refractivity contribution in [2.75, 3.05) is 0 Å². The molecule has 0 fully saturated rings. The van der Waals surface area contributed by atoms with Crippen molar-refractivity contribution in [2.45, 2.75) is 33.6 Å². The average Bonchev–Trinajstić information content (AvgIpc) is 1.86. The van der Waals surface area contributed by atoms with Crippen LogP contribution < -0.4 is 0 Å². The van der Waals surface area contributed by atoms with Crippen LogP contribution in [0.5, 0.6) is 0 Å². The van der Waals surface area contributed by atoms with Gasteiger partial charge >= 0.3 is 0 Å². The summed E-state index contributed by atoms with van der Waals surface area (Å²) in [5.74, 6) is 0.711. The van der Waals surface area contributed by atoms with Crippen LogP contribution in [-0.2, 0) is 0 Å². The molecule has 58 valence electrons. The summed E-state index contributed by atoms with van der Waals surface area (Å²) in [5, 5.41) is 0. The molecule has 0 aliphatic rings. The lowest BCUT2D eigenvalue weighted by Gasteiger charge is -2.08. The summed E-state index contributed by atoms with van der Waals surface area (Å²) in [6.07, 6.45) is 6.74. The largest absolute Gasteiger partial charge is 0.100 e. The number of allylic oxidation sites excluding steroid dienone is 3. The van der Waals surface area contributed by atoms with Crippen LogP contribution in [0, 0.1) is 5.92 Å². The molecule has 0 heterocycles. The van der Waals surface area contributed by atoms with Crippen LogP contribution in [-0.4, -0.2) is 0 Å². The average molecular weight is 138 g/mol. The Labute approximate surface area is 64.6 Å². The lowest BCUT2D eigenvalue weighted by molar-refractivity contribution is 0.621. The van der Waals surface area contributed by atoms with Crippen LogP contribution in [0.2, 0.25) is 0 Å². The van der Waals surface area contributed by atoms with Gasteiger partial charge in [-0.05, 0) is 32.6 Å². The summed E-state index contributed by atoms with van der Waals surface area (Å²) in [6, 6.07) is 0. The second-order valence-corrected chi connectivity index (χ2v) is 2.86. The molecule has 0 nitrogen and oxygen atoms in total. The molecule has 0 amide bonds. The Morgan fingerprint density at radius 1 is 1.60 bits per heavy atom. The molecule has 0 radical (unpaired) electrons.